The third-order valence-electron chi connectivity index (χ3n) is 5.24. The van der Waals surface area contributed by atoms with E-state index < -0.39 is 0 Å². The van der Waals surface area contributed by atoms with Crippen molar-refractivity contribution < 1.29 is 56.9 Å². The minimum atomic E-state index is -0.107. The molecule has 0 heterocycles. The summed E-state index contributed by atoms with van der Waals surface area (Å²) in [7, 11) is 0. The van der Waals surface area contributed by atoms with Crippen LogP contribution in [-0.2, 0) is 52.2 Å². The highest BCUT2D eigenvalue weighted by Gasteiger charge is 1.99. The summed E-state index contributed by atoms with van der Waals surface area (Å²) in [6.45, 7) is 12.4. The standard InChI is InChI=1S/C30H52BrNO12/c1-28(33)32-29-2-4-30(5-3-29)44-27-26-43-25-24-42-23-22-41-21-20-40-19-18-39-17-16-38-15-14-37-13-12-36-11-10-35-9-8-34-7-6-31/h2-5H,6-27H2,1H3,(H,32,33). The highest BCUT2D eigenvalue weighted by Crippen LogP contribution is 2.15. The van der Waals surface area contributed by atoms with Gasteiger partial charge >= 0.3 is 0 Å². The molecule has 0 aliphatic heterocycles. The number of alkyl halides is 1. The van der Waals surface area contributed by atoms with Crippen LogP contribution in [0.3, 0.4) is 0 Å². The minimum Gasteiger partial charge on any atom is -0.491 e. The highest BCUT2D eigenvalue weighted by atomic mass is 79.9. The first-order chi connectivity index (χ1) is 21.7. The summed E-state index contributed by atoms with van der Waals surface area (Å²) in [6, 6.07) is 7.18. The maximum Gasteiger partial charge on any atom is 0.221 e. The summed E-state index contributed by atoms with van der Waals surface area (Å²) in [5, 5.41) is 3.54. The Morgan fingerprint density at radius 1 is 0.477 bits per heavy atom. The van der Waals surface area contributed by atoms with Crippen molar-refractivity contribution in [1.82, 2.24) is 0 Å². The van der Waals surface area contributed by atoms with Gasteiger partial charge in [0.15, 0.2) is 0 Å². The van der Waals surface area contributed by atoms with Gasteiger partial charge in [-0.15, -0.1) is 0 Å². The predicted molar refractivity (Wildman–Crippen MR) is 168 cm³/mol. The Bertz CT molecular complexity index is 747. The van der Waals surface area contributed by atoms with Crippen LogP contribution < -0.4 is 10.1 Å². The van der Waals surface area contributed by atoms with E-state index in [1.807, 2.05) is 0 Å². The lowest BCUT2D eigenvalue weighted by atomic mass is 10.3. The third kappa shape index (κ3) is 29.3. The molecule has 0 aliphatic rings. The van der Waals surface area contributed by atoms with Crippen LogP contribution in [-0.4, -0.2) is 150 Å². The molecule has 0 aromatic heterocycles. The van der Waals surface area contributed by atoms with Crippen LogP contribution in [0, 0.1) is 0 Å². The first-order valence-corrected chi connectivity index (χ1v) is 16.2. The minimum absolute atomic E-state index is 0.107. The molecule has 1 aromatic carbocycles. The topological polar surface area (TPSA) is 131 Å². The Morgan fingerprint density at radius 2 is 0.750 bits per heavy atom. The number of anilines is 1. The number of benzene rings is 1. The van der Waals surface area contributed by atoms with E-state index >= 15 is 0 Å². The van der Waals surface area contributed by atoms with Crippen LogP contribution in [0.1, 0.15) is 6.92 Å². The van der Waals surface area contributed by atoms with Gasteiger partial charge < -0.3 is 57.4 Å². The average molecular weight is 699 g/mol. The molecular formula is C30H52BrNO12. The number of ether oxygens (including phenoxy) is 11. The molecule has 1 aromatic rings. The van der Waals surface area contributed by atoms with Crippen molar-refractivity contribution in [3.05, 3.63) is 24.3 Å². The summed E-state index contributed by atoms with van der Waals surface area (Å²) >= 11 is 3.30. The fourth-order valence-electron chi connectivity index (χ4n) is 3.19. The van der Waals surface area contributed by atoms with Crippen molar-refractivity contribution in [2.45, 2.75) is 6.92 Å². The Kier molecular flexibility index (Phi) is 30.4. The second-order valence-corrected chi connectivity index (χ2v) is 9.66. The molecule has 0 spiro atoms. The van der Waals surface area contributed by atoms with Crippen LogP contribution in [0.15, 0.2) is 24.3 Å². The van der Waals surface area contributed by atoms with Gasteiger partial charge in [0.05, 0.1) is 132 Å². The molecule has 0 aliphatic carbocycles. The number of hydrogen-bond donors (Lipinski definition) is 1. The first kappa shape index (κ1) is 40.6. The quantitative estimate of drug-likeness (QED) is 0.0839. The van der Waals surface area contributed by atoms with Gasteiger partial charge in [-0.25, -0.2) is 0 Å². The Balaban J connectivity index is 1.67. The monoisotopic (exact) mass is 697 g/mol. The molecule has 0 atom stereocenters. The molecule has 0 fully saturated rings. The lowest BCUT2D eigenvalue weighted by Gasteiger charge is -2.09. The van der Waals surface area contributed by atoms with Crippen LogP contribution in [0.4, 0.5) is 5.69 Å². The van der Waals surface area contributed by atoms with E-state index in [1.165, 1.54) is 6.92 Å². The summed E-state index contributed by atoms with van der Waals surface area (Å²) in [4.78, 5) is 11.0. The fourth-order valence-corrected chi connectivity index (χ4v) is 3.42. The molecule has 0 radical (unpaired) electrons. The Morgan fingerprint density at radius 3 is 1.02 bits per heavy atom. The van der Waals surface area contributed by atoms with Gasteiger partial charge in [0.1, 0.15) is 12.4 Å². The van der Waals surface area contributed by atoms with Crippen molar-refractivity contribution in [3.8, 4) is 5.75 Å². The summed E-state index contributed by atoms with van der Waals surface area (Å²) in [5.41, 5.74) is 0.733. The van der Waals surface area contributed by atoms with Gasteiger partial charge in [0, 0.05) is 17.9 Å². The molecule has 1 amide bonds. The molecule has 0 saturated heterocycles. The summed E-state index contributed by atoms with van der Waals surface area (Å²) < 4.78 is 60.0. The van der Waals surface area contributed by atoms with E-state index in [-0.39, 0.29) is 5.91 Å². The maximum atomic E-state index is 11.0. The molecule has 1 N–H and O–H groups in total. The van der Waals surface area contributed by atoms with Crippen molar-refractivity contribution in [2.24, 2.45) is 0 Å². The number of carbonyl (C=O) groups excluding carboxylic acids is 1. The van der Waals surface area contributed by atoms with E-state index in [0.29, 0.717) is 139 Å². The SMILES string of the molecule is CC(=O)Nc1ccc(OCCOCCOCCOCCOCCOCCOCCOCCOCCOCCOCCBr)cc1. The normalized spacial score (nSPS) is 11.2. The Labute approximate surface area is 270 Å². The number of rotatable bonds is 34. The van der Waals surface area contributed by atoms with Crippen molar-refractivity contribution >= 4 is 27.5 Å². The van der Waals surface area contributed by atoms with Gasteiger partial charge in [-0.3, -0.25) is 4.79 Å². The number of amides is 1. The Hall–Kier alpha value is -1.43. The van der Waals surface area contributed by atoms with Gasteiger partial charge in [-0.05, 0) is 24.3 Å². The maximum absolute atomic E-state index is 11.0. The van der Waals surface area contributed by atoms with E-state index in [2.05, 4.69) is 21.2 Å². The zero-order valence-electron chi connectivity index (χ0n) is 26.1. The molecule has 1 rings (SSSR count). The van der Waals surface area contributed by atoms with Crippen molar-refractivity contribution in [1.29, 1.82) is 0 Å². The molecule has 14 heteroatoms. The number of halogens is 1. The van der Waals surface area contributed by atoms with E-state index in [0.717, 1.165) is 16.8 Å². The molecular weight excluding hydrogens is 646 g/mol. The zero-order chi connectivity index (χ0) is 31.6. The van der Waals surface area contributed by atoms with Gasteiger partial charge in [0.25, 0.3) is 0 Å². The van der Waals surface area contributed by atoms with Crippen LogP contribution >= 0.6 is 15.9 Å². The predicted octanol–water partition coefficient (Wildman–Crippen LogP) is 2.58. The van der Waals surface area contributed by atoms with Gasteiger partial charge in [0.2, 0.25) is 5.91 Å². The largest absolute Gasteiger partial charge is 0.491 e. The van der Waals surface area contributed by atoms with E-state index in [1.54, 1.807) is 24.3 Å². The van der Waals surface area contributed by atoms with Gasteiger partial charge in [-0.1, -0.05) is 15.9 Å². The van der Waals surface area contributed by atoms with Crippen LogP contribution in [0.25, 0.3) is 0 Å². The number of nitrogens with one attached hydrogen (secondary N) is 1. The second kappa shape index (κ2) is 32.9. The third-order valence-corrected chi connectivity index (χ3v) is 5.56. The molecule has 44 heavy (non-hydrogen) atoms. The molecule has 13 nitrogen and oxygen atoms in total. The van der Waals surface area contributed by atoms with Crippen LogP contribution in [0.2, 0.25) is 0 Å². The first-order valence-electron chi connectivity index (χ1n) is 15.1. The van der Waals surface area contributed by atoms with E-state index in [9.17, 15) is 4.79 Å². The smallest absolute Gasteiger partial charge is 0.221 e. The number of hydrogen-bond acceptors (Lipinski definition) is 12. The molecule has 0 bridgehead atoms. The highest BCUT2D eigenvalue weighted by molar-refractivity contribution is 9.09. The van der Waals surface area contributed by atoms with Crippen molar-refractivity contribution in [3.63, 3.8) is 0 Å². The zero-order valence-corrected chi connectivity index (χ0v) is 27.7. The van der Waals surface area contributed by atoms with E-state index in [4.69, 9.17) is 52.1 Å². The molecule has 256 valence electrons. The average Bonchev–Trinajstić information content (AvgIpc) is 3.02. The lowest BCUT2D eigenvalue weighted by molar-refractivity contribution is -0.114. The van der Waals surface area contributed by atoms with Crippen LogP contribution in [0.5, 0.6) is 5.75 Å². The fraction of sp³-hybridized carbons (Fsp3) is 0.767. The lowest BCUT2D eigenvalue weighted by Crippen LogP contribution is -2.15. The summed E-state index contributed by atoms with van der Waals surface area (Å²) in [5.74, 6) is 0.611. The summed E-state index contributed by atoms with van der Waals surface area (Å²) in [6.07, 6.45) is 0. The molecule has 0 saturated carbocycles. The van der Waals surface area contributed by atoms with Crippen molar-refractivity contribution in [2.75, 3.05) is 149 Å². The number of carbonyl (C=O) groups is 1. The van der Waals surface area contributed by atoms with Gasteiger partial charge in [-0.2, -0.15) is 0 Å². The second-order valence-electron chi connectivity index (χ2n) is 8.87. The molecule has 0 unspecified atom stereocenters.